The lowest BCUT2D eigenvalue weighted by molar-refractivity contribution is 0.0998. The number of aromatic nitrogens is 1. The van der Waals surface area contributed by atoms with Crippen molar-refractivity contribution in [2.75, 3.05) is 41.7 Å². The number of benzene rings is 2. The van der Waals surface area contributed by atoms with Gasteiger partial charge in [0.2, 0.25) is 0 Å². The summed E-state index contributed by atoms with van der Waals surface area (Å²) < 4.78 is 19.6. The fourth-order valence-corrected chi connectivity index (χ4v) is 4.28. The number of fused-ring (bicyclic) bond motifs is 1. The fourth-order valence-electron chi connectivity index (χ4n) is 4.28. The predicted molar refractivity (Wildman–Crippen MR) is 137 cm³/mol. The van der Waals surface area contributed by atoms with Crippen LogP contribution in [0.2, 0.25) is 0 Å². The Morgan fingerprint density at radius 1 is 0.972 bits per heavy atom. The van der Waals surface area contributed by atoms with Crippen LogP contribution in [0.5, 0.6) is 0 Å². The number of aryl methyl sites for hydroxylation is 2. The number of amides is 3. The van der Waals surface area contributed by atoms with Crippen LogP contribution in [0, 0.1) is 19.7 Å². The quantitative estimate of drug-likeness (QED) is 0.413. The van der Waals surface area contributed by atoms with E-state index < -0.39 is 5.82 Å². The minimum Gasteiger partial charge on any atom is -0.451 e. The average molecular weight is 488 g/mol. The molecule has 2 aromatic carbocycles. The van der Waals surface area contributed by atoms with Crippen LogP contribution >= 0.6 is 0 Å². The number of pyridine rings is 1. The van der Waals surface area contributed by atoms with Crippen LogP contribution in [0.4, 0.5) is 26.4 Å². The number of hydrogen-bond donors (Lipinski definition) is 2. The van der Waals surface area contributed by atoms with Crippen molar-refractivity contribution in [3.63, 3.8) is 0 Å². The smallest absolute Gasteiger partial charge is 0.322 e. The highest BCUT2D eigenvalue weighted by atomic mass is 19.1. The summed E-state index contributed by atoms with van der Waals surface area (Å²) in [5, 5.41) is 6.39. The molecule has 0 spiro atoms. The van der Waals surface area contributed by atoms with Crippen molar-refractivity contribution in [3.05, 3.63) is 83.5 Å². The highest BCUT2D eigenvalue weighted by Gasteiger charge is 2.23. The summed E-state index contributed by atoms with van der Waals surface area (Å²) in [5.41, 5.74) is 3.30. The van der Waals surface area contributed by atoms with Crippen molar-refractivity contribution in [3.8, 4) is 0 Å². The molecule has 0 aliphatic carbocycles. The Morgan fingerprint density at radius 3 is 2.47 bits per heavy atom. The van der Waals surface area contributed by atoms with Crippen molar-refractivity contribution < 1.29 is 18.4 Å². The van der Waals surface area contributed by atoms with Crippen molar-refractivity contribution in [2.24, 2.45) is 0 Å². The van der Waals surface area contributed by atoms with Crippen molar-refractivity contribution in [2.45, 2.75) is 13.8 Å². The maximum atomic E-state index is 13.8. The SMILES string of the molecule is Cc1ccc2oc(C(=O)Nc3ccc(N4CCN(C(=O)Nc5ccccc5F)CC4)nc3)c(C)c2c1. The van der Waals surface area contributed by atoms with Gasteiger partial charge in [-0.3, -0.25) is 4.79 Å². The Morgan fingerprint density at radius 2 is 1.75 bits per heavy atom. The molecule has 1 aliphatic heterocycles. The summed E-state index contributed by atoms with van der Waals surface area (Å²) in [5.74, 6) is 0.235. The molecule has 36 heavy (non-hydrogen) atoms. The molecule has 5 rings (SSSR count). The first-order chi connectivity index (χ1) is 17.4. The normalized spacial score (nSPS) is 13.6. The Hall–Kier alpha value is -4.40. The number of halogens is 1. The zero-order chi connectivity index (χ0) is 25.2. The molecule has 1 aliphatic rings. The lowest BCUT2D eigenvalue weighted by atomic mass is 10.1. The van der Waals surface area contributed by atoms with E-state index in [1.165, 1.54) is 12.1 Å². The van der Waals surface area contributed by atoms with Crippen LogP contribution in [-0.2, 0) is 0 Å². The van der Waals surface area contributed by atoms with E-state index in [4.69, 9.17) is 4.42 Å². The number of nitrogens with one attached hydrogen (secondary N) is 2. The van der Waals surface area contributed by atoms with Crippen LogP contribution in [0.1, 0.15) is 21.7 Å². The first-order valence-electron chi connectivity index (χ1n) is 11.7. The number of carbonyl (C=O) groups excluding carboxylic acids is 2. The monoisotopic (exact) mass is 487 g/mol. The van der Waals surface area contributed by atoms with Gasteiger partial charge in [0, 0.05) is 37.1 Å². The van der Waals surface area contributed by atoms with E-state index >= 15 is 0 Å². The number of anilines is 3. The number of nitrogens with zero attached hydrogens (tertiary/aromatic N) is 3. The van der Waals surface area contributed by atoms with Crippen LogP contribution in [-0.4, -0.2) is 48.0 Å². The Balaban J connectivity index is 1.18. The summed E-state index contributed by atoms with van der Waals surface area (Å²) in [6.45, 7) is 6.00. The molecule has 2 N–H and O–H groups in total. The topological polar surface area (TPSA) is 90.7 Å². The van der Waals surface area contributed by atoms with E-state index in [9.17, 15) is 14.0 Å². The molecule has 184 valence electrons. The van der Waals surface area contributed by atoms with Gasteiger partial charge in [-0.05, 0) is 50.2 Å². The largest absolute Gasteiger partial charge is 0.451 e. The van der Waals surface area contributed by atoms with E-state index in [0.717, 1.165) is 22.3 Å². The van der Waals surface area contributed by atoms with E-state index in [1.807, 2.05) is 38.1 Å². The summed E-state index contributed by atoms with van der Waals surface area (Å²) in [4.78, 5) is 33.5. The van der Waals surface area contributed by atoms with Crippen LogP contribution in [0.15, 0.2) is 65.2 Å². The predicted octanol–water partition coefficient (Wildman–Crippen LogP) is 5.19. The van der Waals surface area contributed by atoms with Gasteiger partial charge in [-0.25, -0.2) is 14.2 Å². The first-order valence-corrected chi connectivity index (χ1v) is 11.7. The van der Waals surface area contributed by atoms with Gasteiger partial charge in [-0.2, -0.15) is 0 Å². The molecule has 0 radical (unpaired) electrons. The van der Waals surface area contributed by atoms with Crippen molar-refractivity contribution in [1.29, 1.82) is 0 Å². The van der Waals surface area contributed by atoms with Gasteiger partial charge in [0.1, 0.15) is 17.2 Å². The number of furan rings is 1. The minimum atomic E-state index is -0.466. The molecule has 1 fully saturated rings. The van der Waals surface area contributed by atoms with E-state index in [1.54, 1.807) is 29.3 Å². The fraction of sp³-hybridized carbons (Fsp3) is 0.222. The molecule has 3 heterocycles. The van der Waals surface area contributed by atoms with Crippen LogP contribution < -0.4 is 15.5 Å². The molecule has 0 saturated carbocycles. The zero-order valence-corrected chi connectivity index (χ0v) is 20.0. The lowest BCUT2D eigenvalue weighted by Gasteiger charge is -2.35. The molecule has 1 saturated heterocycles. The third kappa shape index (κ3) is 4.72. The number of piperazine rings is 1. The van der Waals surface area contributed by atoms with Crippen LogP contribution in [0.25, 0.3) is 11.0 Å². The molecule has 0 atom stereocenters. The molecular formula is C27H26FN5O3. The number of carbonyl (C=O) groups is 2. The molecular weight excluding hydrogens is 461 g/mol. The van der Waals surface area contributed by atoms with E-state index in [2.05, 4.69) is 20.5 Å². The minimum absolute atomic E-state index is 0.164. The second-order valence-electron chi connectivity index (χ2n) is 8.80. The van der Waals surface area contributed by atoms with E-state index in [-0.39, 0.29) is 23.4 Å². The highest BCUT2D eigenvalue weighted by Crippen LogP contribution is 2.27. The molecule has 0 bridgehead atoms. The van der Waals surface area contributed by atoms with Gasteiger partial charge in [0.25, 0.3) is 5.91 Å². The molecule has 0 unspecified atom stereocenters. The number of rotatable bonds is 4. The van der Waals surface area contributed by atoms with Crippen molar-refractivity contribution in [1.82, 2.24) is 9.88 Å². The Bertz CT molecular complexity index is 1430. The highest BCUT2D eigenvalue weighted by molar-refractivity contribution is 6.06. The van der Waals surface area contributed by atoms with Gasteiger partial charge < -0.3 is 24.9 Å². The van der Waals surface area contributed by atoms with Gasteiger partial charge in [-0.1, -0.05) is 23.8 Å². The van der Waals surface area contributed by atoms with Gasteiger partial charge in [0.05, 0.1) is 17.6 Å². The van der Waals surface area contributed by atoms with Gasteiger partial charge >= 0.3 is 6.03 Å². The summed E-state index contributed by atoms with van der Waals surface area (Å²) in [6, 6.07) is 15.2. The molecule has 9 heteroatoms. The number of para-hydroxylation sites is 1. The molecule has 2 aromatic heterocycles. The number of urea groups is 1. The van der Waals surface area contributed by atoms with Crippen molar-refractivity contribution >= 4 is 40.1 Å². The summed E-state index contributed by atoms with van der Waals surface area (Å²) in [7, 11) is 0. The Labute approximate surface area is 207 Å². The Kier molecular flexibility index (Phi) is 6.28. The number of hydrogen-bond acceptors (Lipinski definition) is 5. The zero-order valence-electron chi connectivity index (χ0n) is 20.0. The third-order valence-electron chi connectivity index (χ3n) is 6.31. The molecule has 8 nitrogen and oxygen atoms in total. The molecule has 4 aromatic rings. The van der Waals surface area contributed by atoms with Crippen LogP contribution in [0.3, 0.4) is 0 Å². The molecule has 3 amide bonds. The van der Waals surface area contributed by atoms with E-state index in [0.29, 0.717) is 37.4 Å². The first kappa shape index (κ1) is 23.3. The maximum absolute atomic E-state index is 13.8. The van der Waals surface area contributed by atoms with Gasteiger partial charge in [0.15, 0.2) is 5.76 Å². The maximum Gasteiger partial charge on any atom is 0.322 e. The lowest BCUT2D eigenvalue weighted by Crippen LogP contribution is -2.50. The third-order valence-corrected chi connectivity index (χ3v) is 6.31. The summed E-state index contributed by atoms with van der Waals surface area (Å²) >= 11 is 0. The average Bonchev–Trinajstić information content (AvgIpc) is 3.21. The van der Waals surface area contributed by atoms with Gasteiger partial charge in [-0.15, -0.1) is 0 Å². The standard InChI is InChI=1S/C27H26FN5O3/c1-17-7-9-23-20(15-17)18(2)25(36-23)26(34)30-19-8-10-24(29-16-19)32-11-13-33(14-12-32)27(35)31-22-6-4-3-5-21(22)28/h3-10,15-16H,11-14H2,1-2H3,(H,30,34)(H,31,35). The summed E-state index contributed by atoms with van der Waals surface area (Å²) in [6.07, 6.45) is 1.60. The second-order valence-corrected chi connectivity index (χ2v) is 8.80. The second kappa shape index (κ2) is 9.69.